The number of hydrogen-bond acceptors (Lipinski definition) is 4. The summed E-state index contributed by atoms with van der Waals surface area (Å²) in [6.07, 6.45) is 1.82. The van der Waals surface area contributed by atoms with E-state index in [1.54, 1.807) is 23.5 Å². The second-order valence-electron chi connectivity index (χ2n) is 4.14. The van der Waals surface area contributed by atoms with Crippen molar-refractivity contribution in [3.63, 3.8) is 0 Å². The van der Waals surface area contributed by atoms with Gasteiger partial charge in [-0.15, -0.1) is 11.3 Å². The van der Waals surface area contributed by atoms with Gasteiger partial charge in [0.25, 0.3) is 5.91 Å². The zero-order valence-electron chi connectivity index (χ0n) is 10.4. The smallest absolute Gasteiger partial charge is 0.268 e. The van der Waals surface area contributed by atoms with E-state index in [0.717, 1.165) is 8.66 Å². The van der Waals surface area contributed by atoms with E-state index in [4.69, 9.17) is 12.2 Å². The predicted octanol–water partition coefficient (Wildman–Crippen LogP) is 5.06. The number of thioether (sulfide) groups is 1. The number of anilines is 1. The number of carbonyl (C=O) groups excluding carboxylic acids is 1. The molecule has 0 radical (unpaired) electrons. The van der Waals surface area contributed by atoms with Gasteiger partial charge in [-0.3, -0.25) is 9.69 Å². The van der Waals surface area contributed by atoms with Crippen LogP contribution in [-0.4, -0.2) is 10.2 Å². The second kappa shape index (κ2) is 6.00. The molecule has 106 valence electrons. The number of carbonyl (C=O) groups is 1. The van der Waals surface area contributed by atoms with E-state index in [1.807, 2.05) is 18.2 Å². The molecule has 0 bridgehead atoms. The number of hydrogen-bond donors (Lipinski definition) is 0. The van der Waals surface area contributed by atoms with Gasteiger partial charge in [-0.05, 0) is 58.4 Å². The van der Waals surface area contributed by atoms with E-state index < -0.39 is 0 Å². The summed E-state index contributed by atoms with van der Waals surface area (Å²) in [5.41, 5.74) is 0.578. The lowest BCUT2D eigenvalue weighted by Gasteiger charge is -2.14. The Morgan fingerprint density at radius 2 is 1.90 bits per heavy atom. The highest BCUT2D eigenvalue weighted by molar-refractivity contribution is 9.11. The van der Waals surface area contributed by atoms with Crippen LogP contribution < -0.4 is 4.90 Å². The topological polar surface area (TPSA) is 20.3 Å². The first-order valence-electron chi connectivity index (χ1n) is 5.83. The number of halogens is 2. The normalized spacial score (nSPS) is 17.0. The van der Waals surface area contributed by atoms with Crippen molar-refractivity contribution in [2.45, 2.75) is 0 Å². The van der Waals surface area contributed by atoms with E-state index >= 15 is 0 Å². The van der Waals surface area contributed by atoms with E-state index in [0.29, 0.717) is 14.9 Å². The summed E-state index contributed by atoms with van der Waals surface area (Å²) in [5.74, 6) is -0.524. The molecule has 0 saturated carbocycles. The Balaban J connectivity index is 1.92. The Labute approximate surface area is 142 Å². The average molecular weight is 400 g/mol. The first-order chi connectivity index (χ1) is 10.0. The van der Waals surface area contributed by atoms with Gasteiger partial charge in [0.05, 0.1) is 14.4 Å². The molecule has 0 atom stereocenters. The molecular formula is C14H7BrFNOS3. The fourth-order valence-electron chi connectivity index (χ4n) is 1.82. The molecule has 7 heteroatoms. The lowest BCUT2D eigenvalue weighted by atomic mass is 10.3. The zero-order valence-corrected chi connectivity index (χ0v) is 14.4. The highest BCUT2D eigenvalue weighted by Gasteiger charge is 2.33. The summed E-state index contributed by atoms with van der Waals surface area (Å²) < 4.78 is 14.4. The zero-order chi connectivity index (χ0) is 15.0. The number of thiocarbonyl (C=S) groups is 1. The van der Waals surface area contributed by atoms with Crippen LogP contribution in [0.4, 0.5) is 10.1 Å². The minimum Gasteiger partial charge on any atom is -0.268 e. The molecule has 0 unspecified atom stereocenters. The number of rotatable bonds is 2. The third kappa shape index (κ3) is 3.11. The molecule has 3 rings (SSSR count). The van der Waals surface area contributed by atoms with Gasteiger partial charge in [0.2, 0.25) is 0 Å². The molecule has 1 aromatic carbocycles. The molecule has 1 aromatic heterocycles. The van der Waals surface area contributed by atoms with Gasteiger partial charge in [0.15, 0.2) is 4.32 Å². The molecule has 0 N–H and O–H groups in total. The molecule has 1 fully saturated rings. The van der Waals surface area contributed by atoms with Gasteiger partial charge in [-0.25, -0.2) is 4.39 Å². The quantitative estimate of drug-likeness (QED) is 0.520. The molecule has 0 spiro atoms. The van der Waals surface area contributed by atoms with Crippen molar-refractivity contribution in [2.24, 2.45) is 0 Å². The van der Waals surface area contributed by atoms with Crippen LogP contribution in [-0.2, 0) is 4.79 Å². The fourth-order valence-corrected chi connectivity index (χ4v) is 4.55. The van der Waals surface area contributed by atoms with Crippen LogP contribution in [0.2, 0.25) is 0 Å². The number of nitrogens with zero attached hydrogens (tertiary/aromatic N) is 1. The lowest BCUT2D eigenvalue weighted by molar-refractivity contribution is -0.113. The van der Waals surface area contributed by atoms with Crippen molar-refractivity contribution in [3.05, 3.63) is 55.8 Å². The molecule has 2 aromatic rings. The summed E-state index contributed by atoms with van der Waals surface area (Å²) in [7, 11) is 0. The molecule has 0 aliphatic carbocycles. The van der Waals surface area contributed by atoms with Crippen LogP contribution in [0, 0.1) is 5.82 Å². The van der Waals surface area contributed by atoms with Gasteiger partial charge in [-0.2, -0.15) is 0 Å². The molecular weight excluding hydrogens is 393 g/mol. The van der Waals surface area contributed by atoms with Crippen molar-refractivity contribution in [1.29, 1.82) is 0 Å². The maximum absolute atomic E-state index is 13.0. The first kappa shape index (κ1) is 14.9. The van der Waals surface area contributed by atoms with Crippen LogP contribution in [0.25, 0.3) is 6.08 Å². The predicted molar refractivity (Wildman–Crippen MR) is 94.1 cm³/mol. The van der Waals surface area contributed by atoms with E-state index in [9.17, 15) is 9.18 Å². The molecule has 2 nitrogen and oxygen atoms in total. The van der Waals surface area contributed by atoms with Crippen molar-refractivity contribution in [3.8, 4) is 0 Å². The number of amides is 1. The van der Waals surface area contributed by atoms with Crippen LogP contribution in [0.15, 0.2) is 45.1 Å². The fraction of sp³-hybridized carbons (Fsp3) is 0. The van der Waals surface area contributed by atoms with E-state index in [2.05, 4.69) is 15.9 Å². The van der Waals surface area contributed by atoms with E-state index in [-0.39, 0.29) is 11.7 Å². The van der Waals surface area contributed by atoms with Crippen molar-refractivity contribution >= 4 is 73.2 Å². The van der Waals surface area contributed by atoms with Gasteiger partial charge in [0.1, 0.15) is 5.82 Å². The van der Waals surface area contributed by atoms with Crippen molar-refractivity contribution in [2.75, 3.05) is 4.90 Å². The van der Waals surface area contributed by atoms with E-state index in [1.165, 1.54) is 28.8 Å². The summed E-state index contributed by atoms with van der Waals surface area (Å²) >= 11 is 11.4. The van der Waals surface area contributed by atoms with Crippen LogP contribution >= 0.6 is 51.2 Å². The Morgan fingerprint density at radius 3 is 2.52 bits per heavy atom. The maximum atomic E-state index is 13.0. The maximum Gasteiger partial charge on any atom is 0.270 e. The highest BCUT2D eigenvalue weighted by atomic mass is 79.9. The minimum absolute atomic E-state index is 0.180. The van der Waals surface area contributed by atoms with Crippen molar-refractivity contribution in [1.82, 2.24) is 0 Å². The van der Waals surface area contributed by atoms with Crippen molar-refractivity contribution < 1.29 is 9.18 Å². The molecule has 1 saturated heterocycles. The molecule has 1 aliphatic heterocycles. The minimum atomic E-state index is -0.344. The first-order valence-corrected chi connectivity index (χ1v) is 8.67. The number of benzene rings is 1. The van der Waals surface area contributed by atoms with Gasteiger partial charge < -0.3 is 0 Å². The summed E-state index contributed by atoms with van der Waals surface area (Å²) in [4.78, 5) is 15.4. The second-order valence-corrected chi connectivity index (χ2v) is 8.31. The molecule has 1 aliphatic rings. The molecule has 2 heterocycles. The standard InChI is InChI=1S/C14H7BrFNOS3/c15-12-6-5-10(20-12)7-11-13(18)17(14(19)21-11)9-3-1-8(16)2-4-9/h1-7H/b11-7+. The Morgan fingerprint density at radius 1 is 1.19 bits per heavy atom. The van der Waals surface area contributed by atoms with Gasteiger partial charge >= 0.3 is 0 Å². The third-order valence-electron chi connectivity index (χ3n) is 2.75. The van der Waals surface area contributed by atoms with Gasteiger partial charge in [0, 0.05) is 4.88 Å². The SMILES string of the molecule is O=C1/C(=C\c2ccc(Br)s2)SC(=S)N1c1ccc(F)cc1. The summed E-state index contributed by atoms with van der Waals surface area (Å²) in [6, 6.07) is 9.58. The summed E-state index contributed by atoms with van der Waals surface area (Å²) in [5, 5.41) is 0. The highest BCUT2D eigenvalue weighted by Crippen LogP contribution is 2.37. The van der Waals surface area contributed by atoms with Crippen LogP contribution in [0.3, 0.4) is 0 Å². The average Bonchev–Trinajstić information content (AvgIpc) is 2.96. The summed E-state index contributed by atoms with van der Waals surface area (Å²) in [6.45, 7) is 0. The Kier molecular flexibility index (Phi) is 4.26. The third-order valence-corrected chi connectivity index (χ3v) is 5.62. The lowest BCUT2D eigenvalue weighted by Crippen LogP contribution is -2.27. The molecule has 21 heavy (non-hydrogen) atoms. The largest absolute Gasteiger partial charge is 0.270 e. The Bertz CT molecular complexity index is 754. The number of thiophene rings is 1. The molecule has 1 amide bonds. The van der Waals surface area contributed by atoms with Crippen LogP contribution in [0.5, 0.6) is 0 Å². The Hall–Kier alpha value is -1.02. The van der Waals surface area contributed by atoms with Gasteiger partial charge in [-0.1, -0.05) is 24.0 Å². The van der Waals surface area contributed by atoms with Crippen LogP contribution in [0.1, 0.15) is 4.88 Å². The monoisotopic (exact) mass is 399 g/mol.